The fraction of sp³-hybridized carbons (Fsp3) is 0.529. The van der Waals surface area contributed by atoms with Gasteiger partial charge in [0.2, 0.25) is 11.8 Å². The van der Waals surface area contributed by atoms with E-state index in [0.717, 1.165) is 24.1 Å². The molecule has 2 bridgehead atoms. The second-order valence-electron chi connectivity index (χ2n) is 6.91. The summed E-state index contributed by atoms with van der Waals surface area (Å²) in [6.07, 6.45) is 1.62. The van der Waals surface area contributed by atoms with Crippen molar-refractivity contribution in [3.05, 3.63) is 29.8 Å². The Morgan fingerprint density at radius 1 is 1.15 bits per heavy atom. The zero-order valence-electron chi connectivity index (χ0n) is 12.6. The molecule has 3 heteroatoms. The van der Waals surface area contributed by atoms with Gasteiger partial charge in [0.05, 0.1) is 11.1 Å². The molecule has 1 aliphatic carbocycles. The lowest BCUT2D eigenvalue weighted by Gasteiger charge is -2.47. The summed E-state index contributed by atoms with van der Waals surface area (Å²) in [4.78, 5) is 27.2. The van der Waals surface area contributed by atoms with E-state index < -0.39 is 5.41 Å². The molecule has 0 aromatic heterocycles. The van der Waals surface area contributed by atoms with E-state index >= 15 is 0 Å². The van der Waals surface area contributed by atoms with Gasteiger partial charge in [-0.3, -0.25) is 9.59 Å². The molecule has 1 saturated carbocycles. The zero-order chi connectivity index (χ0) is 14.7. The average Bonchev–Trinajstić information content (AvgIpc) is 2.57. The van der Waals surface area contributed by atoms with Crippen molar-refractivity contribution in [3.63, 3.8) is 0 Å². The first-order valence-electron chi connectivity index (χ1n) is 7.25. The van der Waals surface area contributed by atoms with Crippen LogP contribution in [0.4, 0.5) is 5.69 Å². The monoisotopic (exact) mass is 271 g/mol. The second-order valence-corrected chi connectivity index (χ2v) is 6.91. The van der Waals surface area contributed by atoms with Gasteiger partial charge in [-0.05, 0) is 36.8 Å². The minimum absolute atomic E-state index is 0.0238. The lowest BCUT2D eigenvalue weighted by molar-refractivity contribution is -0.146. The van der Waals surface area contributed by atoms with Crippen LogP contribution >= 0.6 is 0 Å². The SMILES string of the molecule is Cc1ccccc1N1C(=O)[C@H]2CC[C@@](C)(C1=O)C2(C)C. The molecule has 0 N–H and O–H groups in total. The van der Waals surface area contributed by atoms with Gasteiger partial charge in [-0.2, -0.15) is 0 Å². The number of rotatable bonds is 1. The van der Waals surface area contributed by atoms with Crippen LogP contribution in [0.25, 0.3) is 0 Å². The van der Waals surface area contributed by atoms with Gasteiger partial charge in [-0.1, -0.05) is 39.0 Å². The number of piperidine rings is 1. The van der Waals surface area contributed by atoms with Gasteiger partial charge in [-0.15, -0.1) is 0 Å². The van der Waals surface area contributed by atoms with Gasteiger partial charge in [0.15, 0.2) is 0 Å². The number of amides is 2. The number of benzene rings is 1. The number of imide groups is 1. The number of aryl methyl sites for hydroxylation is 1. The Hall–Kier alpha value is -1.64. The van der Waals surface area contributed by atoms with Crippen LogP contribution in [0.15, 0.2) is 24.3 Å². The summed E-state index contributed by atoms with van der Waals surface area (Å²) in [7, 11) is 0. The van der Waals surface area contributed by atoms with Crippen molar-refractivity contribution >= 4 is 17.5 Å². The summed E-state index contributed by atoms with van der Waals surface area (Å²) < 4.78 is 0. The second kappa shape index (κ2) is 3.94. The first kappa shape index (κ1) is 13.3. The van der Waals surface area contributed by atoms with Crippen LogP contribution in [0.3, 0.4) is 0 Å². The first-order chi connectivity index (χ1) is 9.30. The fourth-order valence-electron chi connectivity index (χ4n) is 3.86. The highest BCUT2D eigenvalue weighted by Gasteiger charge is 2.64. The third kappa shape index (κ3) is 1.41. The van der Waals surface area contributed by atoms with Crippen molar-refractivity contribution in [1.82, 2.24) is 0 Å². The Labute approximate surface area is 120 Å². The number of carbonyl (C=O) groups excluding carboxylic acids is 2. The first-order valence-corrected chi connectivity index (χ1v) is 7.25. The van der Waals surface area contributed by atoms with E-state index in [2.05, 4.69) is 13.8 Å². The third-order valence-corrected chi connectivity index (χ3v) is 5.78. The van der Waals surface area contributed by atoms with E-state index in [1.165, 1.54) is 4.90 Å². The highest BCUT2D eigenvalue weighted by atomic mass is 16.2. The average molecular weight is 271 g/mol. The minimum atomic E-state index is -0.437. The smallest absolute Gasteiger partial charge is 0.240 e. The molecule has 0 unspecified atom stereocenters. The van der Waals surface area contributed by atoms with Crippen molar-refractivity contribution in [3.8, 4) is 0 Å². The van der Waals surface area contributed by atoms with E-state index in [1.54, 1.807) is 0 Å². The van der Waals surface area contributed by atoms with Gasteiger partial charge in [0, 0.05) is 5.92 Å². The predicted octanol–water partition coefficient (Wildman–Crippen LogP) is 3.31. The van der Waals surface area contributed by atoms with Crippen molar-refractivity contribution < 1.29 is 9.59 Å². The minimum Gasteiger partial charge on any atom is -0.274 e. The standard InChI is InChI=1S/C17H21NO2/c1-11-7-5-6-8-13(11)18-14(19)12-9-10-17(4,15(18)20)16(12,2)3/h5-8,12H,9-10H2,1-4H3/t12-,17+/m1/s1. The molecule has 2 atom stereocenters. The number of hydrogen-bond donors (Lipinski definition) is 0. The van der Waals surface area contributed by atoms with E-state index in [0.29, 0.717) is 0 Å². The summed E-state index contributed by atoms with van der Waals surface area (Å²) in [5, 5.41) is 0. The molecule has 1 heterocycles. The van der Waals surface area contributed by atoms with Gasteiger partial charge < -0.3 is 0 Å². The molecular weight excluding hydrogens is 250 g/mol. The third-order valence-electron chi connectivity index (χ3n) is 5.78. The van der Waals surface area contributed by atoms with E-state index in [4.69, 9.17) is 0 Å². The maximum atomic E-state index is 13.0. The van der Waals surface area contributed by atoms with Crippen molar-refractivity contribution in [2.75, 3.05) is 4.90 Å². The number of para-hydroxylation sites is 1. The van der Waals surface area contributed by atoms with E-state index in [-0.39, 0.29) is 23.1 Å². The number of nitrogens with zero attached hydrogens (tertiary/aromatic N) is 1. The Kier molecular flexibility index (Phi) is 2.63. The van der Waals surface area contributed by atoms with Gasteiger partial charge >= 0.3 is 0 Å². The largest absolute Gasteiger partial charge is 0.274 e. The quantitative estimate of drug-likeness (QED) is 0.735. The molecule has 2 amide bonds. The molecule has 1 aromatic carbocycles. The summed E-state index contributed by atoms with van der Waals surface area (Å²) in [5.74, 6) is -0.107. The Bertz CT molecular complexity index is 605. The van der Waals surface area contributed by atoms with Crippen LogP contribution in [0.1, 0.15) is 39.2 Å². The molecule has 20 heavy (non-hydrogen) atoms. The fourth-order valence-corrected chi connectivity index (χ4v) is 3.86. The Morgan fingerprint density at radius 2 is 1.80 bits per heavy atom. The summed E-state index contributed by atoms with van der Waals surface area (Å²) >= 11 is 0. The van der Waals surface area contributed by atoms with Crippen LogP contribution in [-0.2, 0) is 9.59 Å². The summed E-state index contributed by atoms with van der Waals surface area (Å²) in [5.41, 5.74) is 1.03. The molecule has 3 nitrogen and oxygen atoms in total. The van der Waals surface area contributed by atoms with Crippen LogP contribution in [0.5, 0.6) is 0 Å². The lowest BCUT2D eigenvalue weighted by Crippen LogP contribution is -2.59. The molecule has 0 radical (unpaired) electrons. The lowest BCUT2D eigenvalue weighted by atomic mass is 9.62. The molecule has 106 valence electrons. The molecular formula is C17H21NO2. The number of fused-ring (bicyclic) bond motifs is 2. The molecule has 1 saturated heterocycles. The number of anilines is 1. The normalized spacial score (nSPS) is 31.8. The molecule has 1 aromatic rings. The van der Waals surface area contributed by atoms with E-state index in [1.807, 2.05) is 38.1 Å². The van der Waals surface area contributed by atoms with Gasteiger partial charge in [-0.25, -0.2) is 4.90 Å². The predicted molar refractivity (Wildman–Crippen MR) is 78.3 cm³/mol. The number of carbonyl (C=O) groups is 2. The molecule has 1 aliphatic heterocycles. The zero-order valence-corrected chi connectivity index (χ0v) is 12.6. The Morgan fingerprint density at radius 3 is 2.45 bits per heavy atom. The van der Waals surface area contributed by atoms with Crippen molar-refractivity contribution in [2.45, 2.75) is 40.5 Å². The topological polar surface area (TPSA) is 37.4 Å². The maximum Gasteiger partial charge on any atom is 0.240 e. The van der Waals surface area contributed by atoms with Crippen molar-refractivity contribution in [2.24, 2.45) is 16.7 Å². The van der Waals surface area contributed by atoms with Gasteiger partial charge in [0.25, 0.3) is 0 Å². The molecule has 3 rings (SSSR count). The Balaban J connectivity index is 2.15. The molecule has 2 fully saturated rings. The van der Waals surface area contributed by atoms with E-state index in [9.17, 15) is 9.59 Å². The highest BCUT2D eigenvalue weighted by Crippen LogP contribution is 2.60. The van der Waals surface area contributed by atoms with Crippen LogP contribution in [0.2, 0.25) is 0 Å². The maximum absolute atomic E-state index is 13.0. The van der Waals surface area contributed by atoms with Crippen LogP contribution in [-0.4, -0.2) is 11.8 Å². The molecule has 0 spiro atoms. The van der Waals surface area contributed by atoms with Crippen LogP contribution in [0, 0.1) is 23.7 Å². The van der Waals surface area contributed by atoms with Gasteiger partial charge in [0.1, 0.15) is 0 Å². The van der Waals surface area contributed by atoms with Crippen LogP contribution < -0.4 is 4.90 Å². The van der Waals surface area contributed by atoms with Crippen molar-refractivity contribution in [1.29, 1.82) is 0 Å². The number of hydrogen-bond acceptors (Lipinski definition) is 2. The highest BCUT2D eigenvalue weighted by molar-refractivity contribution is 6.20. The molecule has 2 aliphatic rings. The summed E-state index contributed by atoms with van der Waals surface area (Å²) in [6.45, 7) is 8.10. The summed E-state index contributed by atoms with van der Waals surface area (Å²) in [6, 6.07) is 7.62.